The number of ether oxygens (including phenoxy) is 1. The summed E-state index contributed by atoms with van der Waals surface area (Å²) in [5.74, 6) is -1.09. The summed E-state index contributed by atoms with van der Waals surface area (Å²) < 4.78 is 47.6. The maximum absolute atomic E-state index is 13.4. The third-order valence-electron chi connectivity index (χ3n) is 5.51. The fourth-order valence-corrected chi connectivity index (χ4v) is 3.95. The molecule has 0 spiro atoms. The highest BCUT2D eigenvalue weighted by molar-refractivity contribution is 5.96. The van der Waals surface area contributed by atoms with Gasteiger partial charge in [0.1, 0.15) is 11.8 Å². The number of carbonyl (C=O) groups excluding carboxylic acids is 2. The predicted octanol–water partition coefficient (Wildman–Crippen LogP) is 4.40. The number of carbonyl (C=O) groups is 2. The summed E-state index contributed by atoms with van der Waals surface area (Å²) in [7, 11) is 1.49. The van der Waals surface area contributed by atoms with Crippen molar-refractivity contribution >= 4 is 11.8 Å². The Balaban J connectivity index is 1.59. The molecule has 1 aliphatic rings. The van der Waals surface area contributed by atoms with Crippen molar-refractivity contribution in [2.75, 3.05) is 7.05 Å². The van der Waals surface area contributed by atoms with E-state index in [2.05, 4.69) is 4.74 Å². The molecule has 2 heterocycles. The number of alkyl halides is 3. The number of hydrogen-bond acceptors (Lipinski definition) is 4. The molecule has 33 heavy (non-hydrogen) atoms. The van der Waals surface area contributed by atoms with Gasteiger partial charge in [0.25, 0.3) is 5.91 Å². The largest absolute Gasteiger partial charge is 0.573 e. The number of likely N-dealkylation sites (N-methyl/N-ethyl adjacent to an activating group) is 1. The first kappa shape index (κ1) is 22.4. The number of rotatable bonds is 5. The SMILES string of the molecule is CN(Cc1ccccc1OC(F)(F)F)C(=O)C1Cc2ccccc2CN1C(=O)c1ccco1. The van der Waals surface area contributed by atoms with Crippen molar-refractivity contribution in [3.05, 3.63) is 89.4 Å². The van der Waals surface area contributed by atoms with E-state index in [0.717, 1.165) is 11.1 Å². The van der Waals surface area contributed by atoms with E-state index in [-0.39, 0.29) is 36.6 Å². The molecule has 9 heteroatoms. The van der Waals surface area contributed by atoms with E-state index in [4.69, 9.17) is 4.42 Å². The molecule has 2 aromatic carbocycles. The number of furan rings is 1. The number of fused-ring (bicyclic) bond motifs is 1. The summed E-state index contributed by atoms with van der Waals surface area (Å²) in [6.07, 6.45) is -3.18. The normalized spacial score (nSPS) is 15.6. The molecule has 0 radical (unpaired) electrons. The maximum atomic E-state index is 13.4. The Morgan fingerprint density at radius 1 is 1.06 bits per heavy atom. The summed E-state index contributed by atoms with van der Waals surface area (Å²) in [6.45, 7) is 0.0970. The molecule has 0 saturated carbocycles. The second kappa shape index (κ2) is 9.01. The van der Waals surface area contributed by atoms with Crippen LogP contribution in [-0.2, 0) is 24.3 Å². The standard InChI is InChI=1S/C24H21F3N2O4/c1-28(14-18-9-4-5-10-20(18)33-24(25,26)27)22(30)19-13-16-7-2-3-8-17(16)15-29(19)23(31)21-11-6-12-32-21/h2-12,19H,13-15H2,1H3. The molecule has 0 saturated heterocycles. The van der Waals surface area contributed by atoms with E-state index in [0.29, 0.717) is 0 Å². The van der Waals surface area contributed by atoms with Crippen molar-refractivity contribution in [3.63, 3.8) is 0 Å². The second-order valence-corrected chi connectivity index (χ2v) is 7.75. The lowest BCUT2D eigenvalue weighted by molar-refractivity contribution is -0.275. The topological polar surface area (TPSA) is 63.0 Å². The minimum absolute atomic E-state index is 0.110. The van der Waals surface area contributed by atoms with Gasteiger partial charge in [0.2, 0.25) is 5.91 Å². The lowest BCUT2D eigenvalue weighted by atomic mass is 9.93. The molecule has 0 aliphatic carbocycles. The van der Waals surface area contributed by atoms with Crippen molar-refractivity contribution in [1.29, 1.82) is 0 Å². The van der Waals surface area contributed by atoms with Gasteiger partial charge in [0, 0.05) is 32.1 Å². The van der Waals surface area contributed by atoms with E-state index < -0.39 is 24.2 Å². The zero-order valence-electron chi connectivity index (χ0n) is 17.7. The molecule has 1 unspecified atom stereocenters. The van der Waals surface area contributed by atoms with Gasteiger partial charge in [-0.05, 0) is 29.3 Å². The first-order valence-corrected chi connectivity index (χ1v) is 10.2. The first-order valence-electron chi connectivity index (χ1n) is 10.2. The van der Waals surface area contributed by atoms with Gasteiger partial charge in [-0.3, -0.25) is 9.59 Å². The Bertz CT molecular complexity index is 1140. The summed E-state index contributed by atoms with van der Waals surface area (Å²) in [5, 5.41) is 0. The zero-order valence-corrected chi connectivity index (χ0v) is 17.7. The smallest absolute Gasteiger partial charge is 0.459 e. The third-order valence-corrected chi connectivity index (χ3v) is 5.51. The van der Waals surface area contributed by atoms with Crippen molar-refractivity contribution < 1.29 is 31.9 Å². The van der Waals surface area contributed by atoms with Crippen LogP contribution in [0.4, 0.5) is 13.2 Å². The average Bonchev–Trinajstić information content (AvgIpc) is 3.32. The number of benzene rings is 2. The van der Waals surface area contributed by atoms with Crippen LogP contribution in [0.1, 0.15) is 27.2 Å². The fraction of sp³-hybridized carbons (Fsp3) is 0.250. The van der Waals surface area contributed by atoms with Gasteiger partial charge < -0.3 is 19.0 Å². The van der Waals surface area contributed by atoms with Crippen LogP contribution in [-0.4, -0.2) is 41.1 Å². The molecule has 1 aliphatic heterocycles. The predicted molar refractivity (Wildman–Crippen MR) is 112 cm³/mol. The van der Waals surface area contributed by atoms with Gasteiger partial charge in [0.15, 0.2) is 5.76 Å². The highest BCUT2D eigenvalue weighted by Crippen LogP contribution is 2.29. The molecular formula is C24H21F3N2O4. The van der Waals surface area contributed by atoms with Crippen LogP contribution in [0.5, 0.6) is 5.75 Å². The van der Waals surface area contributed by atoms with Gasteiger partial charge >= 0.3 is 6.36 Å². The van der Waals surface area contributed by atoms with E-state index >= 15 is 0 Å². The Morgan fingerprint density at radius 2 is 1.76 bits per heavy atom. The number of hydrogen-bond donors (Lipinski definition) is 0. The van der Waals surface area contributed by atoms with E-state index in [1.807, 2.05) is 24.3 Å². The average molecular weight is 458 g/mol. The molecule has 172 valence electrons. The van der Waals surface area contributed by atoms with Crippen LogP contribution >= 0.6 is 0 Å². The van der Waals surface area contributed by atoms with Gasteiger partial charge in [-0.1, -0.05) is 42.5 Å². The molecule has 6 nitrogen and oxygen atoms in total. The molecule has 3 aromatic rings. The van der Waals surface area contributed by atoms with E-state index in [1.54, 1.807) is 12.1 Å². The highest BCUT2D eigenvalue weighted by Gasteiger charge is 2.38. The van der Waals surface area contributed by atoms with Crippen molar-refractivity contribution in [2.24, 2.45) is 0 Å². The lowest BCUT2D eigenvalue weighted by Gasteiger charge is -2.37. The molecule has 0 bridgehead atoms. The summed E-state index contributed by atoms with van der Waals surface area (Å²) in [4.78, 5) is 29.3. The van der Waals surface area contributed by atoms with Gasteiger partial charge in [-0.25, -0.2) is 0 Å². The number of halogens is 3. The second-order valence-electron chi connectivity index (χ2n) is 7.75. The molecule has 4 rings (SSSR count). The van der Waals surface area contributed by atoms with Gasteiger partial charge in [-0.15, -0.1) is 13.2 Å². The van der Waals surface area contributed by atoms with E-state index in [1.165, 1.54) is 47.4 Å². The molecule has 2 amide bonds. The van der Waals surface area contributed by atoms with Crippen molar-refractivity contribution in [1.82, 2.24) is 9.80 Å². The minimum Gasteiger partial charge on any atom is -0.459 e. The molecule has 0 fully saturated rings. The minimum atomic E-state index is -4.85. The van der Waals surface area contributed by atoms with E-state index in [9.17, 15) is 22.8 Å². The van der Waals surface area contributed by atoms with Crippen molar-refractivity contribution in [2.45, 2.75) is 31.9 Å². The lowest BCUT2D eigenvalue weighted by Crippen LogP contribution is -2.52. The Hall–Kier alpha value is -3.75. The Labute approximate surface area is 188 Å². The molecule has 1 aromatic heterocycles. The molecule has 1 atom stereocenters. The van der Waals surface area contributed by atoms with Gasteiger partial charge in [0.05, 0.1) is 6.26 Å². The van der Waals surface area contributed by atoms with Gasteiger partial charge in [-0.2, -0.15) is 0 Å². The molecular weight excluding hydrogens is 437 g/mol. The van der Waals surface area contributed by atoms with Crippen LogP contribution < -0.4 is 4.74 Å². The van der Waals surface area contributed by atoms with Crippen LogP contribution in [0.25, 0.3) is 0 Å². The van der Waals surface area contributed by atoms with Crippen LogP contribution in [0.15, 0.2) is 71.3 Å². The monoisotopic (exact) mass is 458 g/mol. The van der Waals surface area contributed by atoms with Crippen LogP contribution in [0.2, 0.25) is 0 Å². The fourth-order valence-electron chi connectivity index (χ4n) is 3.95. The summed E-state index contributed by atoms with van der Waals surface area (Å²) in [5.41, 5.74) is 2.06. The van der Waals surface area contributed by atoms with Crippen LogP contribution in [0.3, 0.4) is 0 Å². The first-order chi connectivity index (χ1) is 15.7. The number of amides is 2. The number of para-hydroxylation sites is 1. The number of nitrogens with zero attached hydrogens (tertiary/aromatic N) is 2. The quantitative estimate of drug-likeness (QED) is 0.569. The maximum Gasteiger partial charge on any atom is 0.573 e. The Morgan fingerprint density at radius 3 is 2.45 bits per heavy atom. The zero-order chi connectivity index (χ0) is 23.6. The summed E-state index contributed by atoms with van der Waals surface area (Å²) in [6, 6.07) is 15.5. The van der Waals surface area contributed by atoms with Crippen molar-refractivity contribution in [3.8, 4) is 5.75 Å². The molecule has 0 N–H and O–H groups in total. The summed E-state index contributed by atoms with van der Waals surface area (Å²) >= 11 is 0. The highest BCUT2D eigenvalue weighted by atomic mass is 19.4. The Kier molecular flexibility index (Phi) is 6.13. The van der Waals surface area contributed by atoms with Crippen LogP contribution in [0, 0.1) is 0 Å². The third kappa shape index (κ3) is 5.02.